The Morgan fingerprint density at radius 2 is 2.00 bits per heavy atom. The van der Waals surface area contributed by atoms with Gasteiger partial charge in [0.25, 0.3) is 11.8 Å². The molecule has 1 aliphatic rings. The number of alkyl halides is 2. The number of carbonyl (C=O) groups is 1. The molecule has 0 saturated heterocycles. The van der Waals surface area contributed by atoms with Crippen LogP contribution in [0.5, 0.6) is 5.75 Å². The first kappa shape index (κ1) is 22.1. The lowest BCUT2D eigenvalue weighted by Crippen LogP contribution is -2.17. The Hall–Kier alpha value is -3.07. The van der Waals surface area contributed by atoms with E-state index in [1.54, 1.807) is 12.1 Å². The SMILES string of the molecule is COc1cc2nc([C@H]3CC[C@H](CO)CC3)oc2cc1NC(=O)c1cccc(C(C)(F)F)n1. The van der Waals surface area contributed by atoms with Crippen molar-refractivity contribution >= 4 is 22.7 Å². The Kier molecular flexibility index (Phi) is 6.10. The minimum absolute atomic E-state index is 0.134. The summed E-state index contributed by atoms with van der Waals surface area (Å²) in [6.07, 6.45) is 3.63. The van der Waals surface area contributed by atoms with Crippen molar-refractivity contribution in [3.8, 4) is 5.75 Å². The number of pyridine rings is 1. The first-order chi connectivity index (χ1) is 15.3. The van der Waals surface area contributed by atoms with Crippen molar-refractivity contribution in [2.45, 2.75) is 44.4 Å². The van der Waals surface area contributed by atoms with Gasteiger partial charge < -0.3 is 19.6 Å². The van der Waals surface area contributed by atoms with Gasteiger partial charge in [-0.15, -0.1) is 0 Å². The Bertz CT molecular complexity index is 1120. The van der Waals surface area contributed by atoms with Crippen LogP contribution in [-0.2, 0) is 5.92 Å². The second-order valence-corrected chi connectivity index (χ2v) is 8.22. The van der Waals surface area contributed by atoms with E-state index in [0.717, 1.165) is 32.6 Å². The number of hydrogen-bond donors (Lipinski definition) is 2. The van der Waals surface area contributed by atoms with Gasteiger partial charge in [0.1, 0.15) is 22.7 Å². The van der Waals surface area contributed by atoms with Crippen LogP contribution < -0.4 is 10.1 Å². The Labute approximate surface area is 183 Å². The average Bonchev–Trinajstić information content (AvgIpc) is 3.21. The van der Waals surface area contributed by atoms with Gasteiger partial charge in [0.15, 0.2) is 11.5 Å². The van der Waals surface area contributed by atoms with Crippen LogP contribution in [0.15, 0.2) is 34.7 Å². The number of halogens is 2. The van der Waals surface area contributed by atoms with Crippen LogP contribution >= 0.6 is 0 Å². The first-order valence-corrected chi connectivity index (χ1v) is 10.5. The molecule has 4 rings (SSSR count). The molecule has 9 heteroatoms. The third-order valence-electron chi connectivity index (χ3n) is 5.86. The number of ether oxygens (including phenoxy) is 1. The molecule has 1 fully saturated rings. The van der Waals surface area contributed by atoms with Crippen molar-refractivity contribution in [1.29, 1.82) is 0 Å². The molecule has 0 aliphatic heterocycles. The number of carbonyl (C=O) groups excluding carboxylic acids is 1. The van der Waals surface area contributed by atoms with Crippen molar-refractivity contribution in [2.24, 2.45) is 5.92 Å². The van der Waals surface area contributed by atoms with E-state index in [2.05, 4.69) is 15.3 Å². The summed E-state index contributed by atoms with van der Waals surface area (Å²) in [5, 5.41) is 12.0. The van der Waals surface area contributed by atoms with Crippen LogP contribution in [0, 0.1) is 5.92 Å². The van der Waals surface area contributed by atoms with E-state index in [0.29, 0.717) is 34.3 Å². The van der Waals surface area contributed by atoms with Gasteiger partial charge in [0, 0.05) is 31.6 Å². The van der Waals surface area contributed by atoms with E-state index in [-0.39, 0.29) is 18.2 Å². The number of methoxy groups -OCH3 is 1. The summed E-state index contributed by atoms with van der Waals surface area (Å²) in [4.78, 5) is 21.0. The fourth-order valence-corrected chi connectivity index (χ4v) is 4.00. The number of rotatable bonds is 6. The van der Waals surface area contributed by atoms with Gasteiger partial charge in [-0.3, -0.25) is 4.79 Å². The van der Waals surface area contributed by atoms with Gasteiger partial charge in [-0.05, 0) is 43.7 Å². The van der Waals surface area contributed by atoms with Crippen LogP contribution in [0.25, 0.3) is 11.1 Å². The monoisotopic (exact) mass is 445 g/mol. The second kappa shape index (κ2) is 8.82. The summed E-state index contributed by atoms with van der Waals surface area (Å²) >= 11 is 0. The van der Waals surface area contributed by atoms with E-state index in [9.17, 15) is 18.7 Å². The fraction of sp³-hybridized carbons (Fsp3) is 0.435. The summed E-state index contributed by atoms with van der Waals surface area (Å²) in [6.45, 7) is 0.930. The van der Waals surface area contributed by atoms with E-state index >= 15 is 0 Å². The summed E-state index contributed by atoms with van der Waals surface area (Å²) in [5.74, 6) is -2.29. The topological polar surface area (TPSA) is 97.5 Å². The standard InChI is InChI=1S/C23H25F2N3O4/c1-23(24,25)20-5-3-4-15(26-20)21(30)27-16-11-19-17(10-18(16)31-2)28-22(32-19)14-8-6-13(12-29)7-9-14/h3-5,10-11,13-14,29H,6-9,12H2,1-2H3,(H,27,30)/t13-,14-. The van der Waals surface area contributed by atoms with E-state index in [1.807, 2.05) is 0 Å². The molecule has 0 atom stereocenters. The predicted octanol–water partition coefficient (Wildman–Crippen LogP) is 4.86. The Morgan fingerprint density at radius 1 is 1.25 bits per heavy atom. The van der Waals surface area contributed by atoms with Crippen LogP contribution in [0.3, 0.4) is 0 Å². The van der Waals surface area contributed by atoms with E-state index in [1.165, 1.54) is 25.3 Å². The predicted molar refractivity (Wildman–Crippen MR) is 114 cm³/mol. The van der Waals surface area contributed by atoms with E-state index < -0.39 is 17.5 Å². The van der Waals surface area contributed by atoms with Crippen molar-refractivity contribution < 1.29 is 27.8 Å². The Balaban J connectivity index is 1.58. The third kappa shape index (κ3) is 4.57. The molecule has 2 heterocycles. The molecule has 170 valence electrons. The highest BCUT2D eigenvalue weighted by atomic mass is 19.3. The fourth-order valence-electron chi connectivity index (χ4n) is 4.00. The number of aliphatic hydroxyl groups is 1. The molecule has 2 aromatic heterocycles. The van der Waals surface area contributed by atoms with Crippen molar-refractivity contribution in [1.82, 2.24) is 9.97 Å². The van der Waals surface area contributed by atoms with Gasteiger partial charge in [-0.1, -0.05) is 6.07 Å². The van der Waals surface area contributed by atoms with Crippen molar-refractivity contribution in [3.63, 3.8) is 0 Å². The zero-order valence-corrected chi connectivity index (χ0v) is 17.9. The number of amides is 1. The molecule has 0 radical (unpaired) electrons. The van der Waals surface area contributed by atoms with Gasteiger partial charge in [0.2, 0.25) is 0 Å². The maximum atomic E-state index is 13.6. The van der Waals surface area contributed by atoms with Gasteiger partial charge in [-0.2, -0.15) is 8.78 Å². The van der Waals surface area contributed by atoms with Crippen LogP contribution in [0.1, 0.15) is 60.6 Å². The summed E-state index contributed by atoms with van der Waals surface area (Å²) in [7, 11) is 1.46. The molecule has 1 aliphatic carbocycles. The van der Waals surface area contributed by atoms with Gasteiger partial charge in [0.05, 0.1) is 12.8 Å². The second-order valence-electron chi connectivity index (χ2n) is 8.22. The number of anilines is 1. The number of nitrogens with one attached hydrogen (secondary N) is 1. The molecular weight excluding hydrogens is 420 g/mol. The molecule has 1 amide bonds. The highest BCUT2D eigenvalue weighted by Gasteiger charge is 2.28. The smallest absolute Gasteiger partial charge is 0.287 e. The molecule has 2 N–H and O–H groups in total. The molecule has 1 aromatic carbocycles. The average molecular weight is 445 g/mol. The summed E-state index contributed by atoms with van der Waals surface area (Å²) < 4.78 is 38.5. The molecule has 3 aromatic rings. The minimum Gasteiger partial charge on any atom is -0.494 e. The summed E-state index contributed by atoms with van der Waals surface area (Å²) in [5.41, 5.74) is 0.799. The lowest BCUT2D eigenvalue weighted by Gasteiger charge is -2.24. The first-order valence-electron chi connectivity index (χ1n) is 10.5. The summed E-state index contributed by atoms with van der Waals surface area (Å²) in [6, 6.07) is 7.18. The van der Waals surface area contributed by atoms with Crippen LogP contribution in [-0.4, -0.2) is 34.7 Å². The largest absolute Gasteiger partial charge is 0.494 e. The van der Waals surface area contributed by atoms with Gasteiger partial charge >= 0.3 is 0 Å². The van der Waals surface area contributed by atoms with Crippen molar-refractivity contribution in [3.05, 3.63) is 47.6 Å². The number of fused-ring (bicyclic) bond motifs is 1. The molecule has 0 bridgehead atoms. The normalized spacial score (nSPS) is 19.2. The van der Waals surface area contributed by atoms with Crippen LogP contribution in [0.4, 0.5) is 14.5 Å². The highest BCUT2D eigenvalue weighted by Crippen LogP contribution is 2.38. The molecule has 1 saturated carbocycles. The maximum absolute atomic E-state index is 13.6. The molecular formula is C23H25F2N3O4. The van der Waals surface area contributed by atoms with Crippen LogP contribution in [0.2, 0.25) is 0 Å². The van der Waals surface area contributed by atoms with Crippen molar-refractivity contribution in [2.75, 3.05) is 19.0 Å². The van der Waals surface area contributed by atoms with Gasteiger partial charge in [-0.25, -0.2) is 9.97 Å². The lowest BCUT2D eigenvalue weighted by molar-refractivity contribution is 0.0126. The number of oxazole rings is 1. The molecule has 0 spiro atoms. The maximum Gasteiger partial charge on any atom is 0.287 e. The molecule has 7 nitrogen and oxygen atoms in total. The zero-order chi connectivity index (χ0) is 22.9. The number of benzene rings is 1. The lowest BCUT2D eigenvalue weighted by atomic mass is 9.82. The quantitative estimate of drug-likeness (QED) is 0.562. The molecule has 0 unspecified atom stereocenters. The highest BCUT2D eigenvalue weighted by molar-refractivity contribution is 6.04. The molecule has 32 heavy (non-hydrogen) atoms. The number of aliphatic hydroxyl groups excluding tert-OH is 1. The van der Waals surface area contributed by atoms with E-state index in [4.69, 9.17) is 9.15 Å². The zero-order valence-electron chi connectivity index (χ0n) is 17.9. The minimum atomic E-state index is -3.15. The number of hydrogen-bond acceptors (Lipinski definition) is 6. The third-order valence-corrected chi connectivity index (χ3v) is 5.86. The Morgan fingerprint density at radius 3 is 2.66 bits per heavy atom. The number of aromatic nitrogens is 2. The number of nitrogens with zero attached hydrogens (tertiary/aromatic N) is 2.